The Morgan fingerprint density at radius 3 is 0.775 bits per heavy atom. The molecule has 0 bridgehead atoms. The van der Waals surface area contributed by atoms with Crippen LogP contribution in [0.25, 0.3) is 222 Å². The summed E-state index contributed by atoms with van der Waals surface area (Å²) in [6.45, 7) is 0. The van der Waals surface area contributed by atoms with Crippen LogP contribution in [-0.2, 0) is 0 Å². The Labute approximate surface area is 687 Å². The quantitative estimate of drug-likeness (QED) is 0.128. The number of nitrogens with zero attached hydrogens (tertiary/aromatic N) is 12. The highest BCUT2D eigenvalue weighted by Crippen LogP contribution is 2.46. The second kappa shape index (κ2) is 27.7. The van der Waals surface area contributed by atoms with Gasteiger partial charge in [0.2, 0.25) is 17.8 Å². The van der Waals surface area contributed by atoms with Crippen LogP contribution in [0.4, 0.5) is 0 Å². The first kappa shape index (κ1) is 68.0. The molecule has 25 aromatic rings. The van der Waals surface area contributed by atoms with Crippen LogP contribution >= 0.6 is 0 Å². The van der Waals surface area contributed by atoms with E-state index in [-0.39, 0.29) is 0 Å². The average Bonchev–Trinajstić information content (AvgIpc) is 1.55. The minimum Gasteiger partial charge on any atom is -0.309 e. The van der Waals surface area contributed by atoms with Gasteiger partial charge in [0.25, 0.3) is 0 Å². The molecule has 0 aliphatic rings. The van der Waals surface area contributed by atoms with Crippen LogP contribution in [0.3, 0.4) is 0 Å². The Morgan fingerprint density at radius 2 is 0.392 bits per heavy atom. The van der Waals surface area contributed by atoms with Gasteiger partial charge < -0.3 is 13.7 Å². The zero-order valence-corrected chi connectivity index (χ0v) is 64.6. The third-order valence-electron chi connectivity index (χ3n) is 23.8. The largest absolute Gasteiger partial charge is 0.309 e. The summed E-state index contributed by atoms with van der Waals surface area (Å²) in [4.78, 5) is 31.8. The average molecular weight is 1530 g/mol. The van der Waals surface area contributed by atoms with Crippen molar-refractivity contribution in [2.45, 2.75) is 0 Å². The predicted octanol–water partition coefficient (Wildman–Crippen LogP) is 26.7. The standard InChI is InChI=1S/C57H36N6.C51H32N6/c1-4-18-37(19-5-1)41-24-10-14-28-48(41)62-50-30-16-12-26-43(50)46-36-54-47(35-53(46)62)44-27-13-17-31-51(44)63(54)57-59-55(38-20-6-2-7-21-38)58-56(60-57)39-32-33-52-45(34-39)42-25-11-15-29-49(42)61(52)40-22-8-3-9-23-40;1-3-17-33(18-4-1)35-21-7-12-26-42(35)55-43-27-13-10-24-38(43)40-32-48-41(31-47(40)55)39-25-11-16-30-46(39)57(48)51-53-49(34-19-5-2-6-20-34)52-50(54-51)56-44-28-14-8-22-36(44)37-23-9-15-29-45(37)56/h1-36H;1-32H. The zero-order chi connectivity index (χ0) is 78.9. The Bertz CT molecular complexity index is 8350. The van der Waals surface area contributed by atoms with Gasteiger partial charge in [-0.25, -0.2) is 4.98 Å². The van der Waals surface area contributed by atoms with Gasteiger partial charge in [-0.15, -0.1) is 0 Å². The summed E-state index contributed by atoms with van der Waals surface area (Å²) in [6, 6.07) is 146. The maximum Gasteiger partial charge on any atom is 0.240 e. The number of hydrogen-bond donors (Lipinski definition) is 0. The second-order valence-electron chi connectivity index (χ2n) is 30.5. The highest BCUT2D eigenvalue weighted by atomic mass is 15.3. The maximum atomic E-state index is 5.39. The van der Waals surface area contributed by atoms with E-state index >= 15 is 0 Å². The monoisotopic (exact) mass is 1530 g/mol. The van der Waals surface area contributed by atoms with Crippen LogP contribution in [0.5, 0.6) is 0 Å². The molecule has 120 heavy (non-hydrogen) atoms. The molecule has 0 spiro atoms. The third-order valence-corrected chi connectivity index (χ3v) is 23.8. The van der Waals surface area contributed by atoms with Crippen molar-refractivity contribution >= 4 is 131 Å². The lowest BCUT2D eigenvalue weighted by molar-refractivity contribution is 0.893. The molecular formula is C108H68N12. The Balaban J connectivity index is 0.000000137. The first-order valence-electron chi connectivity index (χ1n) is 40.5. The molecular weight excluding hydrogens is 1470 g/mol. The van der Waals surface area contributed by atoms with Gasteiger partial charge in [-0.2, -0.15) is 24.9 Å². The molecule has 0 aliphatic carbocycles. The SMILES string of the molecule is c1ccc(-c2nc(-c3ccc4c(c3)c3ccccc3n4-c3ccccc3)nc(-n3c4ccccc4c4cc5c(cc43)c3ccccc3n5-c3ccccc3-c3ccccc3)n2)cc1.c1ccc(-c2nc(-n3c4ccccc4c4ccccc43)nc(-n3c4ccccc4c4cc5c(cc43)c3ccccc3n5-c3ccccc3-c3ccccc3)n2)cc1. The maximum absolute atomic E-state index is 5.39. The summed E-state index contributed by atoms with van der Waals surface area (Å²) >= 11 is 0. The van der Waals surface area contributed by atoms with E-state index in [1.807, 2.05) is 36.4 Å². The molecule has 0 atom stereocenters. The van der Waals surface area contributed by atoms with Gasteiger partial charge >= 0.3 is 0 Å². The van der Waals surface area contributed by atoms with Gasteiger partial charge in [-0.1, -0.05) is 303 Å². The lowest BCUT2D eigenvalue weighted by atomic mass is 10.0. The van der Waals surface area contributed by atoms with Crippen molar-refractivity contribution < 1.29 is 0 Å². The van der Waals surface area contributed by atoms with Crippen LogP contribution in [-0.4, -0.2) is 57.3 Å². The van der Waals surface area contributed by atoms with Crippen molar-refractivity contribution in [3.8, 4) is 91.3 Å². The molecule has 25 rings (SSSR count). The fourth-order valence-electron chi connectivity index (χ4n) is 18.6. The van der Waals surface area contributed by atoms with Gasteiger partial charge in [0.05, 0.1) is 77.6 Å². The van der Waals surface area contributed by atoms with E-state index in [0.717, 1.165) is 148 Å². The summed E-state index contributed by atoms with van der Waals surface area (Å²) in [6.07, 6.45) is 0. The zero-order valence-electron chi connectivity index (χ0n) is 64.6. The van der Waals surface area contributed by atoms with Crippen molar-refractivity contribution in [1.29, 1.82) is 0 Å². The minimum atomic E-state index is 0.560. The van der Waals surface area contributed by atoms with E-state index in [9.17, 15) is 0 Å². The van der Waals surface area contributed by atoms with Crippen LogP contribution in [0.15, 0.2) is 413 Å². The first-order chi connectivity index (χ1) is 59.6. The van der Waals surface area contributed by atoms with Gasteiger partial charge in [-0.05, 0) is 120 Å². The molecule has 0 unspecified atom stereocenters. The van der Waals surface area contributed by atoms with E-state index in [0.29, 0.717) is 35.3 Å². The molecule has 12 nitrogen and oxygen atoms in total. The highest BCUT2D eigenvalue weighted by molar-refractivity contribution is 6.21. The number of hydrogen-bond acceptors (Lipinski definition) is 6. The lowest BCUT2D eigenvalue weighted by Crippen LogP contribution is -2.10. The second-order valence-corrected chi connectivity index (χ2v) is 30.5. The predicted molar refractivity (Wildman–Crippen MR) is 493 cm³/mol. The van der Waals surface area contributed by atoms with Gasteiger partial charge in [-0.3, -0.25) is 13.7 Å². The van der Waals surface area contributed by atoms with Gasteiger partial charge in [0, 0.05) is 98.1 Å². The first-order valence-corrected chi connectivity index (χ1v) is 40.5. The van der Waals surface area contributed by atoms with Gasteiger partial charge in [0.15, 0.2) is 17.5 Å². The summed E-state index contributed by atoms with van der Waals surface area (Å²) < 4.78 is 13.8. The molecule has 0 saturated heterocycles. The van der Waals surface area contributed by atoms with E-state index in [4.69, 9.17) is 29.9 Å². The molecule has 8 heterocycles. The summed E-state index contributed by atoms with van der Waals surface area (Å²) in [5.41, 5.74) is 23.9. The lowest BCUT2D eigenvalue weighted by Gasteiger charge is -2.14. The summed E-state index contributed by atoms with van der Waals surface area (Å²) in [5.74, 6) is 3.52. The minimum absolute atomic E-state index is 0.560. The number of aromatic nitrogens is 12. The number of rotatable bonds is 11. The fourth-order valence-corrected chi connectivity index (χ4v) is 18.6. The summed E-state index contributed by atoms with van der Waals surface area (Å²) in [7, 11) is 0. The molecule has 0 aliphatic heterocycles. The number of benzene rings is 17. The molecule has 560 valence electrons. The fraction of sp³-hybridized carbons (Fsp3) is 0. The molecule has 0 amide bonds. The van der Waals surface area contributed by atoms with Crippen molar-refractivity contribution in [1.82, 2.24) is 57.3 Å². The third kappa shape index (κ3) is 10.9. The number of para-hydroxylation sites is 10. The molecule has 0 fully saturated rings. The topological polar surface area (TPSA) is 107 Å². The van der Waals surface area contributed by atoms with Crippen molar-refractivity contribution in [2.24, 2.45) is 0 Å². The Kier molecular flexibility index (Phi) is 15.7. The smallest absolute Gasteiger partial charge is 0.240 e. The summed E-state index contributed by atoms with van der Waals surface area (Å²) in [5, 5.41) is 13.8. The highest BCUT2D eigenvalue weighted by Gasteiger charge is 2.27. The molecule has 0 saturated carbocycles. The molecule has 17 aromatic carbocycles. The Hall–Kier alpha value is -16.4. The number of fused-ring (bicyclic) bond motifs is 18. The molecule has 8 aromatic heterocycles. The normalized spacial score (nSPS) is 11.8. The van der Waals surface area contributed by atoms with Crippen LogP contribution in [0.1, 0.15) is 0 Å². The van der Waals surface area contributed by atoms with Crippen LogP contribution in [0, 0.1) is 0 Å². The van der Waals surface area contributed by atoms with Crippen LogP contribution < -0.4 is 0 Å². The molecule has 0 radical (unpaired) electrons. The van der Waals surface area contributed by atoms with E-state index < -0.39 is 0 Å². The van der Waals surface area contributed by atoms with Crippen LogP contribution in [0.2, 0.25) is 0 Å². The van der Waals surface area contributed by atoms with Crippen molar-refractivity contribution in [2.75, 3.05) is 0 Å². The van der Waals surface area contributed by atoms with E-state index in [2.05, 4.69) is 404 Å². The Morgan fingerprint density at radius 1 is 0.142 bits per heavy atom. The van der Waals surface area contributed by atoms with Gasteiger partial charge in [0.1, 0.15) is 0 Å². The van der Waals surface area contributed by atoms with Crippen molar-refractivity contribution in [3.63, 3.8) is 0 Å². The van der Waals surface area contributed by atoms with E-state index in [1.54, 1.807) is 0 Å². The van der Waals surface area contributed by atoms with Crippen molar-refractivity contribution in [3.05, 3.63) is 413 Å². The molecule has 12 heteroatoms. The van der Waals surface area contributed by atoms with E-state index in [1.165, 1.54) is 38.4 Å². The molecule has 0 N–H and O–H groups in total.